The van der Waals surface area contributed by atoms with Gasteiger partial charge >= 0.3 is 0 Å². The van der Waals surface area contributed by atoms with Crippen LogP contribution >= 0.6 is 0 Å². The van der Waals surface area contributed by atoms with Gasteiger partial charge in [-0.1, -0.05) is 0 Å². The number of aromatic nitrogens is 1. The standard InChI is InChI=1S/C19H22N2O/c1-20(18(14-4-5-14)15-6-7-15)19(22)16-8-10-17(11-9-16)21-12-2-3-13-21/h2-3,8-15,18H,4-7H2,1H3. The summed E-state index contributed by atoms with van der Waals surface area (Å²) in [6.45, 7) is 0. The van der Waals surface area contributed by atoms with E-state index in [-0.39, 0.29) is 5.91 Å². The molecule has 4 rings (SSSR count). The maximum atomic E-state index is 12.8. The topological polar surface area (TPSA) is 25.2 Å². The van der Waals surface area contributed by atoms with Crippen LogP contribution in [0.1, 0.15) is 36.0 Å². The van der Waals surface area contributed by atoms with Crippen LogP contribution in [0.15, 0.2) is 48.8 Å². The van der Waals surface area contributed by atoms with Crippen LogP contribution in [0.2, 0.25) is 0 Å². The lowest BCUT2D eigenvalue weighted by Crippen LogP contribution is -2.40. The van der Waals surface area contributed by atoms with Gasteiger partial charge in [0.15, 0.2) is 0 Å². The first-order valence-corrected chi connectivity index (χ1v) is 8.24. The van der Waals surface area contributed by atoms with E-state index in [0.717, 1.165) is 23.1 Å². The van der Waals surface area contributed by atoms with E-state index in [1.54, 1.807) is 0 Å². The van der Waals surface area contributed by atoms with Crippen molar-refractivity contribution < 1.29 is 4.79 Å². The van der Waals surface area contributed by atoms with E-state index >= 15 is 0 Å². The molecule has 0 N–H and O–H groups in total. The zero-order valence-corrected chi connectivity index (χ0v) is 13.0. The number of benzene rings is 1. The van der Waals surface area contributed by atoms with Gasteiger partial charge in [-0.25, -0.2) is 0 Å². The molecule has 0 aliphatic heterocycles. The van der Waals surface area contributed by atoms with Crippen molar-refractivity contribution in [3.63, 3.8) is 0 Å². The predicted molar refractivity (Wildman–Crippen MR) is 87.1 cm³/mol. The van der Waals surface area contributed by atoms with Crippen LogP contribution in [-0.4, -0.2) is 28.5 Å². The second-order valence-electron chi connectivity index (χ2n) is 6.72. The Labute approximate surface area is 131 Å². The summed E-state index contributed by atoms with van der Waals surface area (Å²) in [4.78, 5) is 14.8. The fourth-order valence-corrected chi connectivity index (χ4v) is 3.51. The van der Waals surface area contributed by atoms with E-state index in [9.17, 15) is 4.79 Å². The average molecular weight is 294 g/mol. The molecule has 3 nitrogen and oxygen atoms in total. The SMILES string of the molecule is CN(C(=O)c1ccc(-n2cccc2)cc1)C(C1CC1)C1CC1. The molecule has 1 amide bonds. The Balaban J connectivity index is 1.52. The molecule has 0 saturated heterocycles. The Morgan fingerprint density at radius 3 is 2.09 bits per heavy atom. The normalized spacial score (nSPS) is 17.7. The van der Waals surface area contributed by atoms with Crippen LogP contribution in [0.5, 0.6) is 0 Å². The lowest BCUT2D eigenvalue weighted by molar-refractivity contribution is 0.0690. The molecule has 22 heavy (non-hydrogen) atoms. The molecular weight excluding hydrogens is 272 g/mol. The zero-order chi connectivity index (χ0) is 15.1. The molecular formula is C19H22N2O. The summed E-state index contributed by atoms with van der Waals surface area (Å²) in [6.07, 6.45) is 9.21. The maximum absolute atomic E-state index is 12.8. The Hall–Kier alpha value is -2.03. The average Bonchev–Trinajstić information content (AvgIpc) is 3.49. The number of nitrogens with zero attached hydrogens (tertiary/aromatic N) is 2. The van der Waals surface area contributed by atoms with Crippen molar-refractivity contribution in [2.24, 2.45) is 11.8 Å². The second kappa shape index (κ2) is 5.31. The molecule has 1 aromatic heterocycles. The Bertz CT molecular complexity index is 639. The van der Waals surface area contributed by atoms with E-state index in [2.05, 4.69) is 4.57 Å². The van der Waals surface area contributed by atoms with Gasteiger partial charge in [0.1, 0.15) is 0 Å². The third kappa shape index (κ3) is 2.56. The van der Waals surface area contributed by atoms with Crippen molar-refractivity contribution in [3.05, 3.63) is 54.4 Å². The molecule has 0 spiro atoms. The largest absolute Gasteiger partial charge is 0.338 e. The highest BCUT2D eigenvalue weighted by Gasteiger charge is 2.44. The van der Waals surface area contributed by atoms with Gasteiger partial charge in [-0.05, 0) is 73.9 Å². The van der Waals surface area contributed by atoms with E-state index in [1.807, 2.05) is 60.7 Å². The molecule has 2 fully saturated rings. The van der Waals surface area contributed by atoms with Crippen LogP contribution in [-0.2, 0) is 0 Å². The molecule has 1 aromatic carbocycles. The number of carbonyl (C=O) groups is 1. The molecule has 2 aliphatic carbocycles. The van der Waals surface area contributed by atoms with Gasteiger partial charge in [0.25, 0.3) is 5.91 Å². The van der Waals surface area contributed by atoms with E-state index in [4.69, 9.17) is 0 Å². The number of hydrogen-bond donors (Lipinski definition) is 0. The summed E-state index contributed by atoms with van der Waals surface area (Å²) < 4.78 is 2.05. The molecule has 3 heteroatoms. The highest BCUT2D eigenvalue weighted by Crippen LogP contribution is 2.47. The van der Waals surface area contributed by atoms with Crippen molar-refractivity contribution >= 4 is 5.91 Å². The zero-order valence-electron chi connectivity index (χ0n) is 13.0. The van der Waals surface area contributed by atoms with E-state index in [0.29, 0.717) is 6.04 Å². The molecule has 1 heterocycles. The molecule has 2 aromatic rings. The number of rotatable bonds is 5. The number of amides is 1. The molecule has 0 bridgehead atoms. The molecule has 114 valence electrons. The van der Waals surface area contributed by atoms with Gasteiger partial charge in [0.2, 0.25) is 0 Å². The Morgan fingerprint density at radius 2 is 1.59 bits per heavy atom. The molecule has 0 radical (unpaired) electrons. The third-order valence-corrected chi connectivity index (χ3v) is 4.99. The van der Waals surface area contributed by atoms with Gasteiger partial charge in [-0.3, -0.25) is 4.79 Å². The van der Waals surface area contributed by atoms with Crippen LogP contribution in [0.4, 0.5) is 0 Å². The van der Waals surface area contributed by atoms with Gasteiger partial charge in [0, 0.05) is 36.7 Å². The summed E-state index contributed by atoms with van der Waals surface area (Å²) in [7, 11) is 1.99. The fourth-order valence-electron chi connectivity index (χ4n) is 3.51. The Morgan fingerprint density at radius 1 is 1.05 bits per heavy atom. The van der Waals surface area contributed by atoms with Crippen molar-refractivity contribution in [2.45, 2.75) is 31.7 Å². The van der Waals surface area contributed by atoms with Gasteiger partial charge in [0.05, 0.1) is 0 Å². The van der Waals surface area contributed by atoms with Gasteiger partial charge in [-0.15, -0.1) is 0 Å². The summed E-state index contributed by atoms with van der Waals surface area (Å²) in [5, 5.41) is 0. The van der Waals surface area contributed by atoms with Crippen LogP contribution in [0, 0.1) is 11.8 Å². The number of carbonyl (C=O) groups excluding carboxylic acids is 1. The minimum absolute atomic E-state index is 0.169. The minimum atomic E-state index is 0.169. The van der Waals surface area contributed by atoms with E-state index < -0.39 is 0 Å². The Kier molecular flexibility index (Phi) is 3.29. The summed E-state index contributed by atoms with van der Waals surface area (Å²) >= 11 is 0. The first-order chi connectivity index (χ1) is 10.7. The molecule has 0 unspecified atom stereocenters. The molecule has 2 saturated carbocycles. The van der Waals surface area contributed by atoms with Crippen molar-refractivity contribution in [3.8, 4) is 5.69 Å². The smallest absolute Gasteiger partial charge is 0.253 e. The minimum Gasteiger partial charge on any atom is -0.338 e. The lowest BCUT2D eigenvalue weighted by atomic mass is 10.0. The van der Waals surface area contributed by atoms with Crippen molar-refractivity contribution in [1.29, 1.82) is 0 Å². The van der Waals surface area contributed by atoms with Crippen LogP contribution in [0.25, 0.3) is 5.69 Å². The van der Waals surface area contributed by atoms with Crippen molar-refractivity contribution in [2.75, 3.05) is 7.05 Å². The summed E-state index contributed by atoms with van der Waals surface area (Å²) in [6, 6.07) is 12.4. The first kappa shape index (κ1) is 13.6. The first-order valence-electron chi connectivity index (χ1n) is 8.24. The third-order valence-electron chi connectivity index (χ3n) is 4.99. The summed E-state index contributed by atoms with van der Waals surface area (Å²) in [5.41, 5.74) is 1.88. The highest BCUT2D eigenvalue weighted by molar-refractivity contribution is 5.94. The van der Waals surface area contributed by atoms with Gasteiger partial charge < -0.3 is 9.47 Å². The number of hydrogen-bond acceptors (Lipinski definition) is 1. The molecule has 2 aliphatic rings. The summed E-state index contributed by atoms with van der Waals surface area (Å²) in [5.74, 6) is 1.67. The second-order valence-corrected chi connectivity index (χ2v) is 6.72. The van der Waals surface area contributed by atoms with Crippen molar-refractivity contribution in [1.82, 2.24) is 9.47 Å². The maximum Gasteiger partial charge on any atom is 0.253 e. The lowest BCUT2D eigenvalue weighted by Gasteiger charge is -2.28. The van der Waals surface area contributed by atoms with Crippen LogP contribution in [0.3, 0.4) is 0 Å². The quantitative estimate of drug-likeness (QED) is 0.824. The van der Waals surface area contributed by atoms with E-state index in [1.165, 1.54) is 25.7 Å². The predicted octanol–water partition coefficient (Wildman–Crippen LogP) is 3.74. The fraction of sp³-hybridized carbons (Fsp3) is 0.421. The monoisotopic (exact) mass is 294 g/mol. The van der Waals surface area contributed by atoms with Crippen LogP contribution < -0.4 is 0 Å². The van der Waals surface area contributed by atoms with Gasteiger partial charge in [-0.2, -0.15) is 0 Å². The molecule has 0 atom stereocenters. The highest BCUT2D eigenvalue weighted by atomic mass is 16.2.